The van der Waals surface area contributed by atoms with E-state index in [1.54, 1.807) is 24.3 Å². The van der Waals surface area contributed by atoms with E-state index in [4.69, 9.17) is 27.9 Å². The number of benzene rings is 2. The van der Waals surface area contributed by atoms with Crippen molar-refractivity contribution in [3.05, 3.63) is 57.8 Å². The molecule has 0 amide bonds. The first-order valence-corrected chi connectivity index (χ1v) is 6.37. The average Bonchev–Trinajstić information content (AvgIpc) is 2.41. The molecule has 0 aliphatic rings. The number of ether oxygens (including phenoxy) is 1. The Kier molecular flexibility index (Phi) is 4.51. The van der Waals surface area contributed by atoms with E-state index in [0.29, 0.717) is 16.6 Å². The van der Waals surface area contributed by atoms with Crippen LogP contribution in [0.2, 0.25) is 10.0 Å². The Bertz CT molecular complexity index is 590. The molecule has 2 rings (SSSR count). The third kappa shape index (κ3) is 3.52. The highest BCUT2D eigenvalue weighted by atomic mass is 35.5. The van der Waals surface area contributed by atoms with Crippen LogP contribution in [0, 0.1) is 5.82 Å². The molecule has 2 aromatic rings. The van der Waals surface area contributed by atoms with E-state index in [0.717, 1.165) is 11.3 Å². The van der Waals surface area contributed by atoms with Gasteiger partial charge in [-0.15, -0.1) is 0 Å². The summed E-state index contributed by atoms with van der Waals surface area (Å²) in [7, 11) is 1.43. The highest BCUT2D eigenvalue weighted by Gasteiger charge is 2.04. The van der Waals surface area contributed by atoms with Gasteiger partial charge in [-0.3, -0.25) is 0 Å². The number of anilines is 1. The van der Waals surface area contributed by atoms with Crippen LogP contribution in [0.15, 0.2) is 36.4 Å². The minimum Gasteiger partial charge on any atom is -0.494 e. The fraction of sp³-hybridized carbons (Fsp3) is 0.143. The molecule has 0 saturated heterocycles. The number of halogens is 3. The van der Waals surface area contributed by atoms with Gasteiger partial charge >= 0.3 is 0 Å². The standard InChI is InChI=1S/C14H12Cl2FNO/c1-19-14-7-10(3-5-13(14)17)18-8-9-2-4-11(15)12(16)6-9/h2-7,18H,8H2,1H3. The number of methoxy groups -OCH3 is 1. The SMILES string of the molecule is COc1cc(NCc2ccc(Cl)c(Cl)c2)ccc1F. The third-order valence-electron chi connectivity index (χ3n) is 2.63. The summed E-state index contributed by atoms with van der Waals surface area (Å²) < 4.78 is 18.2. The molecular weight excluding hydrogens is 288 g/mol. The van der Waals surface area contributed by atoms with Crippen molar-refractivity contribution in [1.29, 1.82) is 0 Å². The monoisotopic (exact) mass is 299 g/mol. The minimum atomic E-state index is -0.386. The van der Waals surface area contributed by atoms with E-state index < -0.39 is 0 Å². The number of hydrogen-bond acceptors (Lipinski definition) is 2. The zero-order valence-electron chi connectivity index (χ0n) is 10.2. The quantitative estimate of drug-likeness (QED) is 0.879. The summed E-state index contributed by atoms with van der Waals surface area (Å²) in [4.78, 5) is 0. The lowest BCUT2D eigenvalue weighted by molar-refractivity contribution is 0.387. The van der Waals surface area contributed by atoms with Crippen LogP contribution < -0.4 is 10.1 Å². The van der Waals surface area contributed by atoms with Crippen molar-refractivity contribution in [2.24, 2.45) is 0 Å². The van der Waals surface area contributed by atoms with Crippen molar-refractivity contribution in [2.45, 2.75) is 6.54 Å². The molecule has 19 heavy (non-hydrogen) atoms. The molecule has 2 nitrogen and oxygen atoms in total. The molecule has 0 atom stereocenters. The molecule has 0 fully saturated rings. The second-order valence-corrected chi connectivity index (χ2v) is 4.77. The molecular formula is C14H12Cl2FNO. The van der Waals surface area contributed by atoms with Gasteiger partial charge in [0.25, 0.3) is 0 Å². The summed E-state index contributed by atoms with van der Waals surface area (Å²) >= 11 is 11.8. The Balaban J connectivity index is 2.07. The first-order chi connectivity index (χ1) is 9.10. The Labute approximate surface area is 121 Å². The fourth-order valence-corrected chi connectivity index (χ4v) is 1.94. The molecule has 0 radical (unpaired) electrons. The summed E-state index contributed by atoms with van der Waals surface area (Å²) in [6.45, 7) is 0.561. The van der Waals surface area contributed by atoms with Crippen LogP contribution in [0.4, 0.5) is 10.1 Å². The van der Waals surface area contributed by atoms with E-state index >= 15 is 0 Å². The summed E-state index contributed by atoms with van der Waals surface area (Å²) in [5, 5.41) is 4.19. The number of rotatable bonds is 4. The minimum absolute atomic E-state index is 0.208. The molecule has 2 aromatic carbocycles. The molecule has 0 aliphatic heterocycles. The predicted octanol–water partition coefficient (Wildman–Crippen LogP) is 4.75. The van der Waals surface area contributed by atoms with Crippen LogP contribution >= 0.6 is 23.2 Å². The zero-order chi connectivity index (χ0) is 13.8. The highest BCUT2D eigenvalue weighted by molar-refractivity contribution is 6.42. The third-order valence-corrected chi connectivity index (χ3v) is 3.37. The van der Waals surface area contributed by atoms with E-state index in [9.17, 15) is 4.39 Å². The topological polar surface area (TPSA) is 21.3 Å². The van der Waals surface area contributed by atoms with Gasteiger partial charge in [-0.1, -0.05) is 29.3 Å². The molecule has 0 unspecified atom stereocenters. The van der Waals surface area contributed by atoms with Crippen molar-refractivity contribution in [2.75, 3.05) is 12.4 Å². The maximum absolute atomic E-state index is 13.2. The van der Waals surface area contributed by atoms with E-state index in [-0.39, 0.29) is 11.6 Å². The van der Waals surface area contributed by atoms with Crippen molar-refractivity contribution >= 4 is 28.9 Å². The second kappa shape index (κ2) is 6.13. The Morgan fingerprint density at radius 3 is 2.58 bits per heavy atom. The van der Waals surface area contributed by atoms with Gasteiger partial charge in [0, 0.05) is 18.3 Å². The predicted molar refractivity (Wildman–Crippen MR) is 76.7 cm³/mol. The van der Waals surface area contributed by atoms with Gasteiger partial charge in [-0.25, -0.2) is 4.39 Å². The molecule has 100 valence electrons. The Morgan fingerprint density at radius 2 is 1.89 bits per heavy atom. The van der Waals surface area contributed by atoms with Crippen molar-refractivity contribution in [1.82, 2.24) is 0 Å². The van der Waals surface area contributed by atoms with Gasteiger partial charge in [0.2, 0.25) is 0 Å². The van der Waals surface area contributed by atoms with Crippen LogP contribution in [-0.4, -0.2) is 7.11 Å². The van der Waals surface area contributed by atoms with Gasteiger partial charge in [0.1, 0.15) is 0 Å². The lowest BCUT2D eigenvalue weighted by Gasteiger charge is -2.09. The zero-order valence-corrected chi connectivity index (χ0v) is 11.7. The molecule has 0 bridgehead atoms. The van der Waals surface area contributed by atoms with Crippen LogP contribution in [0.1, 0.15) is 5.56 Å². The van der Waals surface area contributed by atoms with Crippen molar-refractivity contribution < 1.29 is 9.13 Å². The first kappa shape index (κ1) is 14.0. The lowest BCUT2D eigenvalue weighted by atomic mass is 10.2. The normalized spacial score (nSPS) is 10.3. The maximum atomic E-state index is 13.2. The fourth-order valence-electron chi connectivity index (χ4n) is 1.62. The largest absolute Gasteiger partial charge is 0.494 e. The van der Waals surface area contributed by atoms with Crippen LogP contribution in [0.3, 0.4) is 0 Å². The van der Waals surface area contributed by atoms with Gasteiger partial charge in [-0.05, 0) is 29.8 Å². The van der Waals surface area contributed by atoms with Crippen LogP contribution in [0.25, 0.3) is 0 Å². The smallest absolute Gasteiger partial charge is 0.165 e. The van der Waals surface area contributed by atoms with E-state index in [1.807, 2.05) is 6.07 Å². The maximum Gasteiger partial charge on any atom is 0.165 e. The van der Waals surface area contributed by atoms with Crippen molar-refractivity contribution in [3.8, 4) is 5.75 Å². The van der Waals surface area contributed by atoms with Crippen LogP contribution in [0.5, 0.6) is 5.75 Å². The molecule has 0 heterocycles. The highest BCUT2D eigenvalue weighted by Crippen LogP contribution is 2.24. The summed E-state index contributed by atoms with van der Waals surface area (Å²) in [5.74, 6) is -0.179. The average molecular weight is 300 g/mol. The molecule has 0 aromatic heterocycles. The van der Waals surface area contributed by atoms with Gasteiger partial charge in [0.05, 0.1) is 17.2 Å². The van der Waals surface area contributed by atoms with E-state index in [1.165, 1.54) is 13.2 Å². The molecule has 1 N–H and O–H groups in total. The van der Waals surface area contributed by atoms with Crippen molar-refractivity contribution in [3.63, 3.8) is 0 Å². The van der Waals surface area contributed by atoms with Gasteiger partial charge in [-0.2, -0.15) is 0 Å². The second-order valence-electron chi connectivity index (χ2n) is 3.95. The van der Waals surface area contributed by atoms with Gasteiger partial charge in [0.15, 0.2) is 11.6 Å². The molecule has 0 spiro atoms. The summed E-state index contributed by atoms with van der Waals surface area (Å²) in [6, 6.07) is 10.0. The lowest BCUT2D eigenvalue weighted by Crippen LogP contribution is -2.00. The van der Waals surface area contributed by atoms with E-state index in [2.05, 4.69) is 5.32 Å². The summed E-state index contributed by atoms with van der Waals surface area (Å²) in [5.41, 5.74) is 1.75. The number of nitrogens with one attached hydrogen (secondary N) is 1. The Hall–Kier alpha value is -1.45. The molecule has 5 heteroatoms. The number of hydrogen-bond donors (Lipinski definition) is 1. The van der Waals surface area contributed by atoms with Crippen LogP contribution in [-0.2, 0) is 6.54 Å². The summed E-state index contributed by atoms with van der Waals surface area (Å²) in [6.07, 6.45) is 0. The van der Waals surface area contributed by atoms with Gasteiger partial charge < -0.3 is 10.1 Å². The Morgan fingerprint density at radius 1 is 1.11 bits per heavy atom. The molecule has 0 saturated carbocycles. The first-order valence-electron chi connectivity index (χ1n) is 5.61. The molecule has 0 aliphatic carbocycles.